The molecule has 10 heteroatoms. The molecule has 1 N–H and O–H groups in total. The smallest absolute Gasteiger partial charge is 0.259 e. The Hall–Kier alpha value is -2.98. The Morgan fingerprint density at radius 1 is 1.18 bits per heavy atom. The second-order valence-corrected chi connectivity index (χ2v) is 9.13. The number of benzene rings is 1. The summed E-state index contributed by atoms with van der Waals surface area (Å²) in [6, 6.07) is 8.18. The summed E-state index contributed by atoms with van der Waals surface area (Å²) in [5.74, 6) is 0.145. The maximum absolute atomic E-state index is 13.7. The van der Waals surface area contributed by atoms with Crippen LogP contribution in [0.25, 0.3) is 0 Å². The van der Waals surface area contributed by atoms with Crippen molar-refractivity contribution in [2.45, 2.75) is 44.1 Å². The van der Waals surface area contributed by atoms with Crippen LogP contribution in [0.2, 0.25) is 0 Å². The molecule has 0 aliphatic heterocycles. The molecule has 1 atom stereocenters. The summed E-state index contributed by atoms with van der Waals surface area (Å²) in [5.41, 5.74) is 1.56. The SMILES string of the molecule is COc1cc([C@@H](OC)C(=O)Nc2nnc(CC3CCC(c4cccnn4)CC3)s2)ccc1F. The summed E-state index contributed by atoms with van der Waals surface area (Å²) in [6.45, 7) is 0. The molecule has 1 fully saturated rings. The first-order valence-corrected chi connectivity index (χ1v) is 11.7. The number of rotatable bonds is 8. The Balaban J connectivity index is 1.32. The first kappa shape index (κ1) is 23.2. The Morgan fingerprint density at radius 2 is 2.00 bits per heavy atom. The third-order valence-electron chi connectivity index (χ3n) is 5.97. The van der Waals surface area contributed by atoms with Crippen molar-refractivity contribution in [3.8, 4) is 5.75 Å². The molecule has 1 saturated carbocycles. The minimum atomic E-state index is -0.928. The van der Waals surface area contributed by atoms with Gasteiger partial charge in [0.1, 0.15) is 5.01 Å². The number of amides is 1. The molecule has 3 aromatic rings. The molecule has 2 aromatic heterocycles. The molecular weight excluding hydrogens is 445 g/mol. The van der Waals surface area contributed by atoms with Gasteiger partial charge in [-0.3, -0.25) is 10.1 Å². The quantitative estimate of drug-likeness (QED) is 0.522. The average molecular weight is 472 g/mol. The van der Waals surface area contributed by atoms with E-state index in [1.54, 1.807) is 6.20 Å². The van der Waals surface area contributed by atoms with E-state index in [-0.39, 0.29) is 5.75 Å². The van der Waals surface area contributed by atoms with Gasteiger partial charge in [0.2, 0.25) is 5.13 Å². The van der Waals surface area contributed by atoms with Crippen molar-refractivity contribution in [3.05, 3.63) is 58.6 Å². The van der Waals surface area contributed by atoms with E-state index >= 15 is 0 Å². The third-order valence-corrected chi connectivity index (χ3v) is 6.83. The number of hydrogen-bond donors (Lipinski definition) is 1. The van der Waals surface area contributed by atoms with Crippen molar-refractivity contribution in [1.29, 1.82) is 0 Å². The molecule has 0 unspecified atom stereocenters. The van der Waals surface area contributed by atoms with E-state index in [1.807, 2.05) is 12.1 Å². The molecule has 0 radical (unpaired) electrons. The lowest BCUT2D eigenvalue weighted by molar-refractivity contribution is -0.126. The van der Waals surface area contributed by atoms with E-state index < -0.39 is 17.8 Å². The lowest BCUT2D eigenvalue weighted by atomic mass is 9.79. The van der Waals surface area contributed by atoms with Crippen LogP contribution in [0.5, 0.6) is 5.75 Å². The zero-order chi connectivity index (χ0) is 23.2. The van der Waals surface area contributed by atoms with Crippen LogP contribution in [0.1, 0.15) is 54.0 Å². The number of carbonyl (C=O) groups is 1. The third kappa shape index (κ3) is 5.69. The summed E-state index contributed by atoms with van der Waals surface area (Å²) < 4.78 is 24.0. The normalized spacial score (nSPS) is 19.1. The zero-order valence-corrected chi connectivity index (χ0v) is 19.3. The van der Waals surface area contributed by atoms with Crippen LogP contribution >= 0.6 is 11.3 Å². The number of halogens is 1. The van der Waals surface area contributed by atoms with Crippen molar-refractivity contribution in [1.82, 2.24) is 20.4 Å². The molecule has 0 saturated heterocycles. The van der Waals surface area contributed by atoms with E-state index in [9.17, 15) is 9.18 Å². The maximum atomic E-state index is 13.7. The second kappa shape index (κ2) is 10.8. The number of aromatic nitrogens is 4. The summed E-state index contributed by atoms with van der Waals surface area (Å²) in [7, 11) is 2.79. The highest BCUT2D eigenvalue weighted by atomic mass is 32.1. The highest BCUT2D eigenvalue weighted by Gasteiger charge is 2.26. The van der Waals surface area contributed by atoms with E-state index in [0.717, 1.165) is 42.8 Å². The molecule has 1 aliphatic rings. The van der Waals surface area contributed by atoms with Crippen LogP contribution in [-0.4, -0.2) is 40.5 Å². The minimum Gasteiger partial charge on any atom is -0.494 e. The van der Waals surface area contributed by atoms with Gasteiger partial charge >= 0.3 is 0 Å². The molecule has 2 heterocycles. The Labute approximate surface area is 195 Å². The molecule has 33 heavy (non-hydrogen) atoms. The number of nitrogens with one attached hydrogen (secondary N) is 1. The summed E-state index contributed by atoms with van der Waals surface area (Å²) >= 11 is 1.37. The van der Waals surface area contributed by atoms with Crippen molar-refractivity contribution < 1.29 is 18.7 Å². The van der Waals surface area contributed by atoms with Crippen molar-refractivity contribution in [2.75, 3.05) is 19.5 Å². The van der Waals surface area contributed by atoms with Crippen LogP contribution < -0.4 is 10.1 Å². The van der Waals surface area contributed by atoms with Gasteiger partial charge in [0, 0.05) is 25.6 Å². The van der Waals surface area contributed by atoms with Gasteiger partial charge < -0.3 is 9.47 Å². The predicted octanol–water partition coefficient (Wildman–Crippen LogP) is 4.32. The molecule has 1 amide bonds. The van der Waals surface area contributed by atoms with Crippen LogP contribution in [-0.2, 0) is 16.0 Å². The van der Waals surface area contributed by atoms with Gasteiger partial charge in [-0.1, -0.05) is 17.4 Å². The highest BCUT2D eigenvalue weighted by molar-refractivity contribution is 7.15. The average Bonchev–Trinajstić information content (AvgIpc) is 3.28. The molecule has 1 aliphatic carbocycles. The number of anilines is 1. The fraction of sp³-hybridized carbons (Fsp3) is 0.435. The lowest BCUT2D eigenvalue weighted by Gasteiger charge is -2.27. The zero-order valence-electron chi connectivity index (χ0n) is 18.5. The summed E-state index contributed by atoms with van der Waals surface area (Å²) in [6.07, 6.45) is 5.98. The fourth-order valence-electron chi connectivity index (χ4n) is 4.23. The summed E-state index contributed by atoms with van der Waals surface area (Å²) in [4.78, 5) is 12.8. The van der Waals surface area contributed by atoms with Crippen LogP contribution in [0.15, 0.2) is 36.5 Å². The van der Waals surface area contributed by atoms with Crippen molar-refractivity contribution in [3.63, 3.8) is 0 Å². The van der Waals surface area contributed by atoms with Gasteiger partial charge in [-0.15, -0.1) is 10.2 Å². The van der Waals surface area contributed by atoms with E-state index in [0.29, 0.717) is 22.5 Å². The van der Waals surface area contributed by atoms with Crippen LogP contribution in [0.3, 0.4) is 0 Å². The number of carbonyl (C=O) groups excluding carboxylic acids is 1. The van der Waals surface area contributed by atoms with Gasteiger partial charge in [0.15, 0.2) is 17.7 Å². The van der Waals surface area contributed by atoms with Gasteiger partial charge in [0.25, 0.3) is 5.91 Å². The molecule has 4 rings (SSSR count). The number of nitrogens with zero attached hydrogens (tertiary/aromatic N) is 4. The van der Waals surface area contributed by atoms with Gasteiger partial charge in [-0.25, -0.2) is 4.39 Å². The summed E-state index contributed by atoms with van der Waals surface area (Å²) in [5, 5.41) is 20.7. The monoisotopic (exact) mass is 471 g/mol. The minimum absolute atomic E-state index is 0.0505. The Bertz CT molecular complexity index is 1070. The number of hydrogen-bond acceptors (Lipinski definition) is 8. The maximum Gasteiger partial charge on any atom is 0.259 e. The van der Waals surface area contributed by atoms with Gasteiger partial charge in [-0.05, 0) is 61.4 Å². The molecule has 174 valence electrons. The van der Waals surface area contributed by atoms with Crippen molar-refractivity contribution >= 4 is 22.4 Å². The molecule has 0 spiro atoms. The van der Waals surface area contributed by atoms with Crippen LogP contribution in [0.4, 0.5) is 9.52 Å². The van der Waals surface area contributed by atoms with Crippen LogP contribution in [0, 0.1) is 11.7 Å². The first-order chi connectivity index (χ1) is 16.1. The largest absolute Gasteiger partial charge is 0.494 e. The molecular formula is C23H26FN5O3S. The molecule has 8 nitrogen and oxygen atoms in total. The van der Waals surface area contributed by atoms with Gasteiger partial charge in [0.05, 0.1) is 12.8 Å². The number of methoxy groups -OCH3 is 2. The predicted molar refractivity (Wildman–Crippen MR) is 122 cm³/mol. The topological polar surface area (TPSA) is 99.1 Å². The van der Waals surface area contributed by atoms with Crippen molar-refractivity contribution in [2.24, 2.45) is 5.92 Å². The Morgan fingerprint density at radius 3 is 2.70 bits per heavy atom. The first-order valence-electron chi connectivity index (χ1n) is 10.8. The Kier molecular flexibility index (Phi) is 7.56. The number of ether oxygens (including phenoxy) is 2. The molecule has 0 bridgehead atoms. The standard InChI is InChI=1S/C23H26FN5O3S/c1-31-19-13-16(9-10-17(19)24)21(32-2)22(30)26-23-29-28-20(33-23)12-14-5-7-15(8-6-14)18-4-3-11-25-27-18/h3-4,9-11,13-15,21H,5-8,12H2,1-2H3,(H,26,29,30)/t14?,15?,21-/m1/s1. The molecule has 1 aromatic carbocycles. The lowest BCUT2D eigenvalue weighted by Crippen LogP contribution is -2.22. The van der Waals surface area contributed by atoms with Gasteiger partial charge in [-0.2, -0.15) is 10.2 Å². The van der Waals surface area contributed by atoms with E-state index in [2.05, 4.69) is 25.7 Å². The van der Waals surface area contributed by atoms with E-state index in [1.165, 1.54) is 43.8 Å². The second-order valence-electron chi connectivity index (χ2n) is 8.07. The fourth-order valence-corrected chi connectivity index (χ4v) is 5.09. The van der Waals surface area contributed by atoms with E-state index in [4.69, 9.17) is 9.47 Å². The highest BCUT2D eigenvalue weighted by Crippen LogP contribution is 2.36.